The van der Waals surface area contributed by atoms with Crippen LogP contribution in [0, 0.1) is 5.92 Å². The molecule has 0 atom stereocenters. The maximum Gasteiger partial charge on any atom is 0.225 e. The third-order valence-electron chi connectivity index (χ3n) is 5.43. The van der Waals surface area contributed by atoms with E-state index in [0.717, 1.165) is 32.7 Å². The lowest BCUT2D eigenvalue weighted by atomic mass is 9.96. The van der Waals surface area contributed by atoms with Crippen molar-refractivity contribution in [2.75, 3.05) is 52.1 Å². The van der Waals surface area contributed by atoms with Gasteiger partial charge in [0, 0.05) is 51.7 Å². The first-order valence-electron chi connectivity index (χ1n) is 9.61. The highest BCUT2D eigenvalue weighted by molar-refractivity contribution is 7.88. The Bertz CT molecular complexity index is 748. The summed E-state index contributed by atoms with van der Waals surface area (Å²) in [6.45, 7) is 5.08. The molecule has 0 aromatic heterocycles. The molecule has 0 aliphatic carbocycles. The van der Waals surface area contributed by atoms with Crippen LogP contribution in [0.4, 0.5) is 0 Å². The minimum Gasteiger partial charge on any atom is -0.340 e. The number of nitrogens with zero attached hydrogens (tertiary/aromatic N) is 3. The summed E-state index contributed by atoms with van der Waals surface area (Å²) in [5, 5.41) is 0. The number of hydrogen-bond donors (Lipinski definition) is 0. The van der Waals surface area contributed by atoms with Crippen molar-refractivity contribution in [2.24, 2.45) is 5.92 Å². The Labute approximate surface area is 162 Å². The predicted molar refractivity (Wildman–Crippen MR) is 108 cm³/mol. The zero-order valence-electron chi connectivity index (χ0n) is 16.0. The highest BCUT2D eigenvalue weighted by Gasteiger charge is 2.32. The molecule has 0 saturated carbocycles. The third kappa shape index (κ3) is 5.64. The van der Waals surface area contributed by atoms with Crippen molar-refractivity contribution < 1.29 is 13.2 Å². The Morgan fingerprint density at radius 1 is 1.04 bits per heavy atom. The quantitative estimate of drug-likeness (QED) is 0.764. The number of carbonyl (C=O) groups excluding carboxylic acids is 1. The molecule has 2 fully saturated rings. The monoisotopic (exact) mass is 391 g/mol. The van der Waals surface area contributed by atoms with Crippen LogP contribution >= 0.6 is 0 Å². The predicted octanol–water partition coefficient (Wildman–Crippen LogP) is 1.52. The van der Waals surface area contributed by atoms with Crippen LogP contribution in [-0.2, 0) is 14.8 Å². The molecular weight excluding hydrogens is 362 g/mol. The topological polar surface area (TPSA) is 60.9 Å². The van der Waals surface area contributed by atoms with E-state index in [2.05, 4.69) is 29.2 Å². The van der Waals surface area contributed by atoms with E-state index in [1.807, 2.05) is 23.1 Å². The molecule has 2 saturated heterocycles. The second kappa shape index (κ2) is 8.99. The lowest BCUT2D eigenvalue weighted by Gasteiger charge is -2.38. The molecule has 148 valence electrons. The van der Waals surface area contributed by atoms with E-state index in [9.17, 15) is 13.2 Å². The lowest BCUT2D eigenvalue weighted by Crippen LogP contribution is -2.51. The van der Waals surface area contributed by atoms with Gasteiger partial charge in [0.05, 0.1) is 6.26 Å². The Morgan fingerprint density at radius 3 is 2.26 bits per heavy atom. The fourth-order valence-corrected chi connectivity index (χ4v) is 4.62. The van der Waals surface area contributed by atoms with Gasteiger partial charge in [-0.25, -0.2) is 12.7 Å². The Kier molecular flexibility index (Phi) is 6.68. The molecule has 2 aliphatic rings. The van der Waals surface area contributed by atoms with Gasteiger partial charge in [-0.1, -0.05) is 42.5 Å². The highest BCUT2D eigenvalue weighted by Crippen LogP contribution is 2.22. The van der Waals surface area contributed by atoms with Crippen molar-refractivity contribution in [1.82, 2.24) is 14.1 Å². The van der Waals surface area contributed by atoms with Crippen molar-refractivity contribution in [3.8, 4) is 0 Å². The first kappa shape index (κ1) is 20.0. The maximum atomic E-state index is 12.7. The van der Waals surface area contributed by atoms with Gasteiger partial charge < -0.3 is 4.90 Å². The molecule has 1 aromatic rings. The summed E-state index contributed by atoms with van der Waals surface area (Å²) >= 11 is 0. The van der Waals surface area contributed by atoms with Gasteiger partial charge in [-0.3, -0.25) is 9.69 Å². The number of carbonyl (C=O) groups is 1. The molecule has 1 aromatic carbocycles. The van der Waals surface area contributed by atoms with Crippen molar-refractivity contribution in [2.45, 2.75) is 12.8 Å². The van der Waals surface area contributed by atoms with E-state index in [0.29, 0.717) is 25.9 Å². The zero-order valence-corrected chi connectivity index (χ0v) is 16.8. The van der Waals surface area contributed by atoms with Gasteiger partial charge in [-0.05, 0) is 18.4 Å². The van der Waals surface area contributed by atoms with Crippen molar-refractivity contribution in [3.63, 3.8) is 0 Å². The molecule has 2 aliphatic heterocycles. The van der Waals surface area contributed by atoms with Crippen LogP contribution < -0.4 is 0 Å². The van der Waals surface area contributed by atoms with E-state index >= 15 is 0 Å². The molecule has 1 amide bonds. The van der Waals surface area contributed by atoms with Gasteiger partial charge in [0.25, 0.3) is 0 Å². The number of hydrogen-bond acceptors (Lipinski definition) is 4. The van der Waals surface area contributed by atoms with Crippen molar-refractivity contribution in [3.05, 3.63) is 42.0 Å². The molecule has 0 bridgehead atoms. The van der Waals surface area contributed by atoms with Crippen LogP contribution in [0.15, 0.2) is 36.4 Å². The summed E-state index contributed by atoms with van der Waals surface area (Å²) in [5.74, 6) is 0.162. The number of amides is 1. The van der Waals surface area contributed by atoms with Gasteiger partial charge in [0.2, 0.25) is 15.9 Å². The summed E-state index contributed by atoms with van der Waals surface area (Å²) in [5.41, 5.74) is 1.20. The molecule has 0 N–H and O–H groups in total. The first-order valence-corrected chi connectivity index (χ1v) is 11.5. The fourth-order valence-electron chi connectivity index (χ4n) is 3.75. The molecule has 7 heteroatoms. The van der Waals surface area contributed by atoms with Gasteiger partial charge in [0.1, 0.15) is 0 Å². The Balaban J connectivity index is 1.41. The largest absolute Gasteiger partial charge is 0.340 e. The molecule has 0 radical (unpaired) electrons. The summed E-state index contributed by atoms with van der Waals surface area (Å²) < 4.78 is 24.7. The molecular formula is C20H29N3O3S. The first-order chi connectivity index (χ1) is 12.9. The minimum absolute atomic E-state index is 0.0347. The summed E-state index contributed by atoms with van der Waals surface area (Å²) in [4.78, 5) is 17.1. The van der Waals surface area contributed by atoms with Gasteiger partial charge >= 0.3 is 0 Å². The molecule has 27 heavy (non-hydrogen) atoms. The summed E-state index contributed by atoms with van der Waals surface area (Å²) in [6.07, 6.45) is 6.80. The van der Waals surface area contributed by atoms with Crippen LogP contribution in [0.2, 0.25) is 0 Å². The zero-order chi connectivity index (χ0) is 19.3. The van der Waals surface area contributed by atoms with Crippen molar-refractivity contribution >= 4 is 22.0 Å². The number of sulfonamides is 1. The van der Waals surface area contributed by atoms with Gasteiger partial charge in [-0.2, -0.15) is 0 Å². The molecule has 3 rings (SSSR count). The number of benzene rings is 1. The average molecular weight is 392 g/mol. The van der Waals surface area contributed by atoms with Crippen LogP contribution in [0.1, 0.15) is 18.4 Å². The van der Waals surface area contributed by atoms with Gasteiger partial charge in [0.15, 0.2) is 0 Å². The Morgan fingerprint density at radius 2 is 1.67 bits per heavy atom. The van der Waals surface area contributed by atoms with E-state index in [4.69, 9.17) is 0 Å². The minimum atomic E-state index is -3.14. The highest BCUT2D eigenvalue weighted by atomic mass is 32.2. The summed E-state index contributed by atoms with van der Waals surface area (Å²) in [7, 11) is -3.14. The molecule has 6 nitrogen and oxygen atoms in total. The lowest BCUT2D eigenvalue weighted by molar-refractivity contribution is -0.138. The van der Waals surface area contributed by atoms with Crippen LogP contribution in [-0.4, -0.2) is 80.5 Å². The Hall–Kier alpha value is -1.70. The van der Waals surface area contributed by atoms with E-state index in [1.54, 1.807) is 0 Å². The van der Waals surface area contributed by atoms with E-state index in [1.165, 1.54) is 16.1 Å². The third-order valence-corrected chi connectivity index (χ3v) is 6.73. The second-order valence-corrected chi connectivity index (χ2v) is 9.36. The standard InChI is InChI=1S/C20H29N3O3S/c1-27(25,26)23-12-9-19(10-13-23)20(24)22-16-14-21(15-17-22)11-5-8-18-6-3-2-4-7-18/h2-8,19H,9-17H2,1H3. The average Bonchev–Trinajstić information content (AvgIpc) is 2.68. The number of piperazine rings is 1. The van der Waals surface area contributed by atoms with Crippen LogP contribution in [0.5, 0.6) is 0 Å². The summed E-state index contributed by atoms with van der Waals surface area (Å²) in [6, 6.07) is 10.2. The SMILES string of the molecule is CS(=O)(=O)N1CCC(C(=O)N2CCN(CC=Cc3ccccc3)CC2)CC1. The van der Waals surface area contributed by atoms with Crippen molar-refractivity contribution in [1.29, 1.82) is 0 Å². The maximum absolute atomic E-state index is 12.7. The molecule has 0 spiro atoms. The molecule has 0 unspecified atom stereocenters. The van der Waals surface area contributed by atoms with Gasteiger partial charge in [-0.15, -0.1) is 0 Å². The molecule has 2 heterocycles. The van der Waals surface area contributed by atoms with E-state index < -0.39 is 10.0 Å². The van der Waals surface area contributed by atoms with Crippen LogP contribution in [0.25, 0.3) is 6.08 Å². The normalized spacial score (nSPS) is 21.0. The smallest absolute Gasteiger partial charge is 0.225 e. The van der Waals surface area contributed by atoms with Crippen LogP contribution in [0.3, 0.4) is 0 Å². The second-order valence-electron chi connectivity index (χ2n) is 7.38. The number of rotatable bonds is 5. The number of piperidine rings is 1. The fraction of sp³-hybridized carbons (Fsp3) is 0.550. The van der Waals surface area contributed by atoms with E-state index in [-0.39, 0.29) is 11.8 Å².